The summed E-state index contributed by atoms with van der Waals surface area (Å²) in [7, 11) is 1.63. The molecule has 0 saturated heterocycles. The molecule has 8 heteroatoms. The minimum Gasteiger partial charge on any atom is -0.497 e. The van der Waals surface area contributed by atoms with Gasteiger partial charge in [-0.15, -0.1) is 5.10 Å². The first kappa shape index (κ1) is 16.3. The van der Waals surface area contributed by atoms with E-state index in [2.05, 4.69) is 20.7 Å². The Morgan fingerprint density at radius 1 is 1.08 bits per heavy atom. The first-order chi connectivity index (χ1) is 12.8. The minimum absolute atomic E-state index is 0.604. The van der Waals surface area contributed by atoms with Crippen molar-refractivity contribution < 1.29 is 9.26 Å². The van der Waals surface area contributed by atoms with Gasteiger partial charge in [-0.05, 0) is 34.7 Å². The van der Waals surface area contributed by atoms with Crippen molar-refractivity contribution in [3.8, 4) is 22.8 Å². The number of tetrazole rings is 1. The van der Waals surface area contributed by atoms with Crippen LogP contribution in [0.3, 0.4) is 0 Å². The first-order valence-corrected chi connectivity index (χ1v) is 8.88. The summed E-state index contributed by atoms with van der Waals surface area (Å²) in [5.74, 6) is 2.13. The molecule has 0 aliphatic heterocycles. The maximum atomic E-state index is 5.43. The molecule has 0 aliphatic rings. The summed E-state index contributed by atoms with van der Waals surface area (Å²) in [6.45, 7) is 0. The highest BCUT2D eigenvalue weighted by Crippen LogP contribution is 2.26. The number of rotatable bonds is 6. The standard InChI is InChI=1S/C18H15N5O2S/c1-24-16-9-7-15(8-10-16)23-18(19-21-22-23)26-12-14-11-17(25-20-14)13-5-3-2-4-6-13/h2-11H,12H2,1H3. The van der Waals surface area contributed by atoms with Crippen LogP contribution in [0.2, 0.25) is 0 Å². The molecule has 130 valence electrons. The third kappa shape index (κ3) is 3.45. The summed E-state index contributed by atoms with van der Waals surface area (Å²) in [5, 5.41) is 16.7. The average molecular weight is 365 g/mol. The quantitative estimate of drug-likeness (QED) is 0.483. The zero-order valence-corrected chi connectivity index (χ0v) is 14.8. The Bertz CT molecular complexity index is 982. The Balaban J connectivity index is 1.47. The number of aromatic nitrogens is 5. The second-order valence-corrected chi connectivity index (χ2v) is 6.35. The summed E-state index contributed by atoms with van der Waals surface area (Å²) in [6.07, 6.45) is 0. The van der Waals surface area contributed by atoms with E-state index in [9.17, 15) is 0 Å². The van der Waals surface area contributed by atoms with E-state index < -0.39 is 0 Å². The van der Waals surface area contributed by atoms with Crippen molar-refractivity contribution >= 4 is 11.8 Å². The number of methoxy groups -OCH3 is 1. The molecule has 7 nitrogen and oxygen atoms in total. The summed E-state index contributed by atoms with van der Waals surface area (Å²) in [5.41, 5.74) is 2.70. The number of hydrogen-bond acceptors (Lipinski definition) is 7. The van der Waals surface area contributed by atoms with Crippen molar-refractivity contribution in [2.24, 2.45) is 0 Å². The van der Waals surface area contributed by atoms with Gasteiger partial charge in [0, 0.05) is 17.4 Å². The maximum absolute atomic E-state index is 5.43. The van der Waals surface area contributed by atoms with Crippen molar-refractivity contribution in [2.75, 3.05) is 7.11 Å². The summed E-state index contributed by atoms with van der Waals surface area (Å²) in [4.78, 5) is 0. The van der Waals surface area contributed by atoms with Crippen LogP contribution in [0.1, 0.15) is 5.69 Å². The largest absolute Gasteiger partial charge is 0.497 e. The van der Waals surface area contributed by atoms with Gasteiger partial charge >= 0.3 is 0 Å². The molecule has 0 aliphatic carbocycles. The topological polar surface area (TPSA) is 78.9 Å². The molecule has 2 aromatic heterocycles. The minimum atomic E-state index is 0.604. The Morgan fingerprint density at radius 3 is 2.65 bits per heavy atom. The predicted molar refractivity (Wildman–Crippen MR) is 97.2 cm³/mol. The van der Waals surface area contributed by atoms with E-state index in [1.165, 1.54) is 11.8 Å². The molecular formula is C18H15N5O2S. The van der Waals surface area contributed by atoms with Gasteiger partial charge in [0.1, 0.15) is 5.75 Å². The second-order valence-electron chi connectivity index (χ2n) is 5.41. The number of ether oxygens (including phenoxy) is 1. The fourth-order valence-corrected chi connectivity index (χ4v) is 3.18. The molecule has 26 heavy (non-hydrogen) atoms. The molecule has 0 radical (unpaired) electrons. The van der Waals surface area contributed by atoms with E-state index in [0.717, 1.165) is 28.5 Å². The van der Waals surface area contributed by atoms with Crippen LogP contribution in [-0.2, 0) is 5.75 Å². The average Bonchev–Trinajstić information content (AvgIpc) is 3.36. The molecule has 0 atom stereocenters. The van der Waals surface area contributed by atoms with Gasteiger partial charge in [0.15, 0.2) is 5.76 Å². The van der Waals surface area contributed by atoms with Crippen LogP contribution >= 0.6 is 11.8 Å². The van der Waals surface area contributed by atoms with Gasteiger partial charge in [-0.2, -0.15) is 4.68 Å². The van der Waals surface area contributed by atoms with E-state index in [1.54, 1.807) is 11.8 Å². The van der Waals surface area contributed by atoms with Gasteiger partial charge in [-0.3, -0.25) is 0 Å². The normalized spacial score (nSPS) is 10.8. The lowest BCUT2D eigenvalue weighted by atomic mass is 10.2. The Morgan fingerprint density at radius 2 is 1.88 bits per heavy atom. The van der Waals surface area contributed by atoms with Crippen molar-refractivity contribution in [1.82, 2.24) is 25.4 Å². The lowest BCUT2D eigenvalue weighted by molar-refractivity contribution is 0.414. The summed E-state index contributed by atoms with van der Waals surface area (Å²) >= 11 is 1.49. The zero-order valence-electron chi connectivity index (χ0n) is 13.9. The molecule has 0 N–H and O–H groups in total. The smallest absolute Gasteiger partial charge is 0.214 e. The lowest BCUT2D eigenvalue weighted by Gasteiger charge is -2.04. The molecule has 0 bridgehead atoms. The van der Waals surface area contributed by atoms with E-state index >= 15 is 0 Å². The molecule has 0 fully saturated rings. The van der Waals surface area contributed by atoms with E-state index in [0.29, 0.717) is 10.9 Å². The van der Waals surface area contributed by atoms with Crippen LogP contribution in [-0.4, -0.2) is 32.5 Å². The van der Waals surface area contributed by atoms with Crippen LogP contribution in [0.4, 0.5) is 0 Å². The number of nitrogens with zero attached hydrogens (tertiary/aromatic N) is 5. The third-order valence-electron chi connectivity index (χ3n) is 3.72. The zero-order chi connectivity index (χ0) is 17.8. The van der Waals surface area contributed by atoms with E-state index in [4.69, 9.17) is 9.26 Å². The van der Waals surface area contributed by atoms with Crippen molar-refractivity contribution in [2.45, 2.75) is 10.9 Å². The van der Waals surface area contributed by atoms with Crippen LogP contribution in [0.25, 0.3) is 17.0 Å². The highest BCUT2D eigenvalue weighted by molar-refractivity contribution is 7.98. The molecular weight excluding hydrogens is 350 g/mol. The Kier molecular flexibility index (Phi) is 4.65. The molecule has 4 rings (SSSR count). The van der Waals surface area contributed by atoms with Crippen molar-refractivity contribution in [1.29, 1.82) is 0 Å². The van der Waals surface area contributed by atoms with Gasteiger partial charge in [-0.25, -0.2) is 0 Å². The fraction of sp³-hybridized carbons (Fsp3) is 0.111. The van der Waals surface area contributed by atoms with Crippen LogP contribution in [0.15, 0.2) is 70.3 Å². The fourth-order valence-electron chi connectivity index (χ4n) is 2.41. The van der Waals surface area contributed by atoms with Gasteiger partial charge in [0.05, 0.1) is 18.5 Å². The second kappa shape index (κ2) is 7.40. The van der Waals surface area contributed by atoms with Crippen LogP contribution in [0.5, 0.6) is 5.75 Å². The number of benzene rings is 2. The summed E-state index contributed by atoms with van der Waals surface area (Å²) < 4.78 is 12.3. The van der Waals surface area contributed by atoms with E-state index in [-0.39, 0.29) is 0 Å². The highest BCUT2D eigenvalue weighted by Gasteiger charge is 2.12. The van der Waals surface area contributed by atoms with Gasteiger partial charge in [0.2, 0.25) is 5.16 Å². The third-order valence-corrected chi connectivity index (χ3v) is 4.68. The monoisotopic (exact) mass is 365 g/mol. The number of hydrogen-bond donors (Lipinski definition) is 0. The molecule has 0 saturated carbocycles. The van der Waals surface area contributed by atoms with Crippen molar-refractivity contribution in [3.63, 3.8) is 0 Å². The van der Waals surface area contributed by atoms with Gasteiger partial charge in [0.25, 0.3) is 0 Å². The molecule has 2 aromatic carbocycles. The lowest BCUT2D eigenvalue weighted by Crippen LogP contribution is -1.99. The molecule has 0 amide bonds. The van der Waals surface area contributed by atoms with Gasteiger partial charge in [-0.1, -0.05) is 47.3 Å². The maximum Gasteiger partial charge on any atom is 0.214 e. The Hall–Kier alpha value is -3.13. The van der Waals surface area contributed by atoms with Crippen molar-refractivity contribution in [3.05, 3.63) is 66.4 Å². The summed E-state index contributed by atoms with van der Waals surface area (Å²) in [6, 6.07) is 19.4. The van der Waals surface area contributed by atoms with Gasteiger partial charge < -0.3 is 9.26 Å². The number of thioether (sulfide) groups is 1. The molecule has 4 aromatic rings. The van der Waals surface area contributed by atoms with Crippen LogP contribution < -0.4 is 4.74 Å². The molecule has 2 heterocycles. The van der Waals surface area contributed by atoms with E-state index in [1.807, 2.05) is 60.7 Å². The predicted octanol–water partition coefficient (Wildman–Crippen LogP) is 3.62. The van der Waals surface area contributed by atoms with Crippen LogP contribution in [0, 0.1) is 0 Å². The molecule has 0 spiro atoms. The Labute approximate surface area is 154 Å². The highest BCUT2D eigenvalue weighted by atomic mass is 32.2. The molecule has 0 unspecified atom stereocenters. The SMILES string of the molecule is COc1ccc(-n2nnnc2SCc2cc(-c3ccccc3)on2)cc1. The first-order valence-electron chi connectivity index (χ1n) is 7.90.